The van der Waals surface area contributed by atoms with Crippen molar-refractivity contribution in [3.63, 3.8) is 0 Å². The summed E-state index contributed by atoms with van der Waals surface area (Å²) >= 11 is 4.54. The monoisotopic (exact) mass is 489 g/mol. The van der Waals surface area contributed by atoms with Crippen LogP contribution >= 0.6 is 34.4 Å². The molecule has 0 aliphatic heterocycles. The van der Waals surface area contributed by atoms with E-state index in [1.807, 2.05) is 23.9 Å². The van der Waals surface area contributed by atoms with Crippen molar-refractivity contribution in [3.05, 3.63) is 57.2 Å². The summed E-state index contributed by atoms with van der Waals surface area (Å²) in [5.74, 6) is -0.0620. The highest BCUT2D eigenvalue weighted by Gasteiger charge is 2.13. The van der Waals surface area contributed by atoms with Crippen LogP contribution in [0.5, 0.6) is 0 Å². The molecule has 1 amide bonds. The van der Waals surface area contributed by atoms with Gasteiger partial charge < -0.3 is 10.4 Å². The van der Waals surface area contributed by atoms with Gasteiger partial charge in [0, 0.05) is 27.4 Å². The number of carbonyl (C=O) groups excluding carboxylic acids is 1. The molecular formula is C23H27N3O3S3. The minimum absolute atomic E-state index is 0.153. The molecule has 3 aromatic rings. The summed E-state index contributed by atoms with van der Waals surface area (Å²) in [7, 11) is 0. The minimum Gasteiger partial charge on any atom is -0.481 e. The topological polar surface area (TPSA) is 91.3 Å². The molecule has 170 valence electrons. The zero-order valence-corrected chi connectivity index (χ0v) is 20.4. The number of carboxylic acids is 1. The smallest absolute Gasteiger partial charge is 0.309 e. The van der Waals surface area contributed by atoms with Crippen molar-refractivity contribution >= 4 is 57.1 Å². The Morgan fingerprint density at radius 2 is 1.97 bits per heavy atom. The number of rotatable bonds is 13. The average Bonchev–Trinajstić information content (AvgIpc) is 3.42. The Balaban J connectivity index is 1.51. The van der Waals surface area contributed by atoms with E-state index in [1.54, 1.807) is 11.4 Å². The Hall–Kier alpha value is -2.36. The van der Waals surface area contributed by atoms with E-state index in [2.05, 4.69) is 40.7 Å². The van der Waals surface area contributed by atoms with E-state index < -0.39 is 5.97 Å². The molecule has 2 aromatic heterocycles. The summed E-state index contributed by atoms with van der Waals surface area (Å²) in [5.41, 5.74) is 1.55. The van der Waals surface area contributed by atoms with Crippen LogP contribution in [0.15, 0.2) is 46.7 Å². The van der Waals surface area contributed by atoms with E-state index in [1.165, 1.54) is 53.3 Å². The molecule has 6 nitrogen and oxygen atoms in total. The SMILES string of the molecule is CCCCCCSc1ccccc1NCc1ccc(C(=O)Nc2nc(CC(=O)O)cs2)s1. The van der Waals surface area contributed by atoms with Gasteiger partial charge in [-0.25, -0.2) is 4.98 Å². The van der Waals surface area contributed by atoms with Crippen molar-refractivity contribution in [3.8, 4) is 0 Å². The number of nitrogens with one attached hydrogen (secondary N) is 2. The molecule has 0 saturated heterocycles. The number of hydrogen-bond donors (Lipinski definition) is 3. The first-order valence-corrected chi connectivity index (χ1v) is 13.2. The Morgan fingerprint density at radius 1 is 1.12 bits per heavy atom. The van der Waals surface area contributed by atoms with Crippen molar-refractivity contribution in [1.29, 1.82) is 0 Å². The van der Waals surface area contributed by atoms with Crippen molar-refractivity contribution in [1.82, 2.24) is 4.98 Å². The highest BCUT2D eigenvalue weighted by Crippen LogP contribution is 2.29. The van der Waals surface area contributed by atoms with Gasteiger partial charge in [-0.05, 0) is 36.4 Å². The van der Waals surface area contributed by atoms with Crippen LogP contribution in [-0.2, 0) is 17.8 Å². The zero-order valence-electron chi connectivity index (χ0n) is 17.9. The number of thiophene rings is 1. The normalized spacial score (nSPS) is 10.8. The molecule has 0 saturated carbocycles. The first-order chi connectivity index (χ1) is 15.5. The minimum atomic E-state index is -0.944. The maximum absolute atomic E-state index is 12.5. The summed E-state index contributed by atoms with van der Waals surface area (Å²) in [5, 5.41) is 17.1. The third-order valence-electron chi connectivity index (χ3n) is 4.59. The molecule has 0 unspecified atom stereocenters. The molecule has 0 radical (unpaired) electrons. The summed E-state index contributed by atoms with van der Waals surface area (Å²) in [6.45, 7) is 2.87. The van der Waals surface area contributed by atoms with Crippen LogP contribution < -0.4 is 10.6 Å². The number of hydrogen-bond acceptors (Lipinski definition) is 7. The second kappa shape index (κ2) is 12.6. The number of thiazole rings is 1. The third kappa shape index (κ3) is 7.65. The molecule has 3 rings (SSSR count). The van der Waals surface area contributed by atoms with Crippen molar-refractivity contribution in [2.45, 2.75) is 50.5 Å². The van der Waals surface area contributed by atoms with Gasteiger partial charge in [0.2, 0.25) is 0 Å². The quantitative estimate of drug-likeness (QED) is 0.191. The van der Waals surface area contributed by atoms with Gasteiger partial charge in [0.05, 0.1) is 17.0 Å². The van der Waals surface area contributed by atoms with Crippen LogP contribution in [-0.4, -0.2) is 27.7 Å². The van der Waals surface area contributed by atoms with E-state index >= 15 is 0 Å². The summed E-state index contributed by atoms with van der Waals surface area (Å²) in [6.07, 6.45) is 4.90. The molecule has 0 aliphatic carbocycles. The Bertz CT molecular complexity index is 1030. The molecule has 1 aromatic carbocycles. The molecule has 9 heteroatoms. The number of unbranched alkanes of at least 4 members (excludes halogenated alkanes) is 3. The van der Waals surface area contributed by atoms with E-state index in [4.69, 9.17) is 5.11 Å². The van der Waals surface area contributed by atoms with Crippen LogP contribution in [0.1, 0.15) is 52.8 Å². The number of carboxylic acid groups (broad SMARTS) is 1. The summed E-state index contributed by atoms with van der Waals surface area (Å²) in [6, 6.07) is 12.1. The van der Waals surface area contributed by atoms with Crippen LogP contribution in [0.2, 0.25) is 0 Å². The highest BCUT2D eigenvalue weighted by atomic mass is 32.2. The van der Waals surface area contributed by atoms with Crippen LogP contribution in [0.25, 0.3) is 0 Å². The zero-order chi connectivity index (χ0) is 22.8. The lowest BCUT2D eigenvalue weighted by Crippen LogP contribution is -2.10. The summed E-state index contributed by atoms with van der Waals surface area (Å²) < 4.78 is 0. The Morgan fingerprint density at radius 3 is 2.78 bits per heavy atom. The second-order valence-corrected chi connectivity index (χ2v) is 10.4. The van der Waals surface area contributed by atoms with E-state index in [-0.39, 0.29) is 12.3 Å². The van der Waals surface area contributed by atoms with E-state index in [0.29, 0.717) is 22.2 Å². The number of carbonyl (C=O) groups is 2. The number of aromatic nitrogens is 1. The first kappa shape index (κ1) is 24.3. The number of anilines is 2. The number of nitrogens with zero attached hydrogens (tertiary/aromatic N) is 1. The van der Waals surface area contributed by atoms with Gasteiger partial charge in [0.25, 0.3) is 5.91 Å². The number of thioether (sulfide) groups is 1. The first-order valence-electron chi connectivity index (χ1n) is 10.6. The highest BCUT2D eigenvalue weighted by molar-refractivity contribution is 7.99. The predicted molar refractivity (Wildman–Crippen MR) is 134 cm³/mol. The molecule has 0 spiro atoms. The second-order valence-electron chi connectivity index (χ2n) is 7.19. The summed E-state index contributed by atoms with van der Waals surface area (Å²) in [4.78, 5) is 30.3. The van der Waals surface area contributed by atoms with Crippen LogP contribution in [0.3, 0.4) is 0 Å². The molecule has 3 N–H and O–H groups in total. The van der Waals surface area contributed by atoms with Gasteiger partial charge in [0.15, 0.2) is 5.13 Å². The van der Waals surface area contributed by atoms with Crippen LogP contribution in [0.4, 0.5) is 10.8 Å². The maximum Gasteiger partial charge on any atom is 0.309 e. The lowest BCUT2D eigenvalue weighted by atomic mass is 10.2. The standard InChI is InChI=1S/C23H27N3O3S3/c1-2-3-4-7-12-30-19-9-6-5-8-18(19)24-14-17-10-11-20(32-17)22(29)26-23-25-16(15-31-23)13-21(27)28/h5-6,8-11,15,24H,2-4,7,12-14H2,1H3,(H,27,28)(H,25,26,29). The maximum atomic E-state index is 12.5. The third-order valence-corrected chi connectivity index (χ3v) is 7.64. The van der Waals surface area contributed by atoms with E-state index in [9.17, 15) is 9.59 Å². The molecular weight excluding hydrogens is 462 g/mol. The molecule has 32 heavy (non-hydrogen) atoms. The fourth-order valence-electron chi connectivity index (χ4n) is 2.99. The van der Waals surface area contributed by atoms with Gasteiger partial charge in [-0.15, -0.1) is 34.4 Å². The number of aliphatic carboxylic acids is 1. The van der Waals surface area contributed by atoms with Crippen LogP contribution in [0, 0.1) is 0 Å². The Labute approximate surface area is 200 Å². The lowest BCUT2D eigenvalue weighted by Gasteiger charge is -2.11. The molecule has 0 atom stereocenters. The van der Waals surface area contributed by atoms with E-state index in [0.717, 1.165) is 16.3 Å². The van der Waals surface area contributed by atoms with Gasteiger partial charge in [-0.2, -0.15) is 0 Å². The van der Waals surface area contributed by atoms with Crippen molar-refractivity contribution in [2.24, 2.45) is 0 Å². The molecule has 0 bridgehead atoms. The largest absolute Gasteiger partial charge is 0.481 e. The number of amides is 1. The van der Waals surface area contributed by atoms with Gasteiger partial charge in [-0.1, -0.05) is 38.3 Å². The molecule has 0 fully saturated rings. The Kier molecular flexibility index (Phi) is 9.58. The lowest BCUT2D eigenvalue weighted by molar-refractivity contribution is -0.136. The number of para-hydroxylation sites is 1. The average molecular weight is 490 g/mol. The number of benzene rings is 1. The van der Waals surface area contributed by atoms with Gasteiger partial charge >= 0.3 is 5.97 Å². The fraction of sp³-hybridized carbons (Fsp3) is 0.348. The predicted octanol–water partition coefficient (Wildman–Crippen LogP) is 6.37. The molecule has 2 heterocycles. The van der Waals surface area contributed by atoms with Gasteiger partial charge in [0.1, 0.15) is 0 Å². The fourth-order valence-corrected chi connectivity index (χ4v) is 5.57. The molecule has 0 aliphatic rings. The van der Waals surface area contributed by atoms with Gasteiger partial charge in [-0.3, -0.25) is 14.9 Å². The van der Waals surface area contributed by atoms with Crippen molar-refractivity contribution in [2.75, 3.05) is 16.4 Å². The van der Waals surface area contributed by atoms with Crippen molar-refractivity contribution < 1.29 is 14.7 Å².